The standard InChI is InChI=1S/C9H13N3O4S/c10-17(15,16)6-2-5-12-9(14)8-7(13)3-1-4-11-8/h1,3-4,13H,2,5-6H2,(H,12,14)(H2,10,15,16). The summed E-state index contributed by atoms with van der Waals surface area (Å²) in [6, 6.07) is 2.83. The van der Waals surface area contributed by atoms with Crippen LogP contribution in [-0.4, -0.2) is 36.7 Å². The van der Waals surface area contributed by atoms with E-state index in [0.29, 0.717) is 0 Å². The van der Waals surface area contributed by atoms with Gasteiger partial charge in [0.15, 0.2) is 5.69 Å². The number of aromatic hydroxyl groups is 1. The topological polar surface area (TPSA) is 122 Å². The van der Waals surface area contributed by atoms with Gasteiger partial charge < -0.3 is 10.4 Å². The van der Waals surface area contributed by atoms with Crippen molar-refractivity contribution in [2.75, 3.05) is 12.3 Å². The molecule has 8 heteroatoms. The molecule has 0 aliphatic carbocycles. The maximum Gasteiger partial charge on any atom is 0.273 e. The molecule has 1 aromatic rings. The van der Waals surface area contributed by atoms with Crippen LogP contribution in [0.5, 0.6) is 5.75 Å². The number of pyridine rings is 1. The van der Waals surface area contributed by atoms with Crippen molar-refractivity contribution in [3.8, 4) is 5.75 Å². The lowest BCUT2D eigenvalue weighted by Crippen LogP contribution is -2.27. The third-order valence-electron chi connectivity index (χ3n) is 1.89. The Kier molecular flexibility index (Phi) is 4.41. The van der Waals surface area contributed by atoms with Crippen molar-refractivity contribution in [1.29, 1.82) is 0 Å². The van der Waals surface area contributed by atoms with Gasteiger partial charge in [0, 0.05) is 12.7 Å². The van der Waals surface area contributed by atoms with Crippen LogP contribution < -0.4 is 10.5 Å². The zero-order valence-electron chi connectivity index (χ0n) is 8.96. The number of nitrogens with zero attached hydrogens (tertiary/aromatic N) is 1. The number of sulfonamides is 1. The summed E-state index contributed by atoms with van der Waals surface area (Å²) in [6.07, 6.45) is 1.58. The van der Waals surface area contributed by atoms with E-state index in [1.165, 1.54) is 18.3 Å². The molecule has 94 valence electrons. The first-order valence-electron chi connectivity index (χ1n) is 4.83. The molecule has 0 aromatic carbocycles. The lowest BCUT2D eigenvalue weighted by Gasteiger charge is -2.05. The number of rotatable bonds is 5. The van der Waals surface area contributed by atoms with Crippen molar-refractivity contribution in [3.05, 3.63) is 24.0 Å². The Hall–Kier alpha value is -1.67. The molecule has 0 radical (unpaired) electrons. The van der Waals surface area contributed by atoms with Crippen molar-refractivity contribution in [3.63, 3.8) is 0 Å². The average Bonchev–Trinajstić information content (AvgIpc) is 2.23. The van der Waals surface area contributed by atoms with Crippen LogP contribution in [0.25, 0.3) is 0 Å². The molecule has 4 N–H and O–H groups in total. The summed E-state index contributed by atoms with van der Waals surface area (Å²) in [4.78, 5) is 15.2. The van der Waals surface area contributed by atoms with Crippen LogP contribution in [0.2, 0.25) is 0 Å². The number of primary sulfonamides is 1. The van der Waals surface area contributed by atoms with E-state index >= 15 is 0 Å². The fraction of sp³-hybridized carbons (Fsp3) is 0.333. The largest absolute Gasteiger partial charge is 0.505 e. The molecular weight excluding hydrogens is 246 g/mol. The number of carbonyl (C=O) groups is 1. The number of carbonyl (C=O) groups excluding carboxylic acids is 1. The average molecular weight is 259 g/mol. The van der Waals surface area contributed by atoms with Gasteiger partial charge in [-0.2, -0.15) is 0 Å². The number of amides is 1. The van der Waals surface area contributed by atoms with Crippen molar-refractivity contribution in [1.82, 2.24) is 10.3 Å². The van der Waals surface area contributed by atoms with E-state index in [2.05, 4.69) is 10.3 Å². The molecule has 1 rings (SSSR count). The van der Waals surface area contributed by atoms with E-state index in [0.717, 1.165) is 0 Å². The minimum absolute atomic E-state index is 0.0943. The highest BCUT2D eigenvalue weighted by molar-refractivity contribution is 7.89. The highest BCUT2D eigenvalue weighted by Crippen LogP contribution is 2.11. The van der Waals surface area contributed by atoms with Crippen molar-refractivity contribution >= 4 is 15.9 Å². The van der Waals surface area contributed by atoms with Gasteiger partial charge in [-0.15, -0.1) is 0 Å². The summed E-state index contributed by atoms with van der Waals surface area (Å²) >= 11 is 0. The van der Waals surface area contributed by atoms with Crippen molar-refractivity contribution in [2.24, 2.45) is 5.14 Å². The third kappa shape index (κ3) is 4.79. The van der Waals surface area contributed by atoms with Gasteiger partial charge >= 0.3 is 0 Å². The van der Waals surface area contributed by atoms with Gasteiger partial charge in [0.2, 0.25) is 10.0 Å². The zero-order chi connectivity index (χ0) is 12.9. The Balaban J connectivity index is 2.44. The second-order valence-electron chi connectivity index (χ2n) is 3.35. The second-order valence-corrected chi connectivity index (χ2v) is 5.08. The van der Waals surface area contributed by atoms with E-state index in [9.17, 15) is 18.3 Å². The molecule has 17 heavy (non-hydrogen) atoms. The van der Waals surface area contributed by atoms with E-state index in [-0.39, 0.29) is 30.2 Å². The first-order valence-corrected chi connectivity index (χ1v) is 6.54. The molecule has 1 aromatic heterocycles. The van der Waals surface area contributed by atoms with Gasteiger partial charge in [0.25, 0.3) is 5.91 Å². The first kappa shape index (κ1) is 13.4. The predicted octanol–water partition coefficient (Wildman–Crippen LogP) is -0.804. The number of aromatic nitrogens is 1. The van der Waals surface area contributed by atoms with Crippen LogP contribution in [0.15, 0.2) is 18.3 Å². The number of hydrogen-bond acceptors (Lipinski definition) is 5. The van der Waals surface area contributed by atoms with E-state index in [1.54, 1.807) is 0 Å². The Morgan fingerprint density at radius 1 is 1.53 bits per heavy atom. The van der Waals surface area contributed by atoms with Gasteiger partial charge in [0.05, 0.1) is 5.75 Å². The molecule has 0 saturated carbocycles. The molecule has 0 bridgehead atoms. The number of hydrogen-bond donors (Lipinski definition) is 3. The highest BCUT2D eigenvalue weighted by Gasteiger charge is 2.11. The molecule has 0 aliphatic heterocycles. The Labute approximate surface area is 98.7 Å². The summed E-state index contributed by atoms with van der Waals surface area (Å²) in [5.41, 5.74) is -0.0943. The summed E-state index contributed by atoms with van der Waals surface area (Å²) in [7, 11) is -3.51. The van der Waals surface area contributed by atoms with Crippen LogP contribution >= 0.6 is 0 Å². The van der Waals surface area contributed by atoms with E-state index in [4.69, 9.17) is 5.14 Å². The Morgan fingerprint density at radius 2 is 2.24 bits per heavy atom. The van der Waals surface area contributed by atoms with E-state index in [1.807, 2.05) is 0 Å². The molecule has 0 aliphatic rings. The molecule has 0 spiro atoms. The molecule has 0 saturated heterocycles. The van der Waals surface area contributed by atoms with E-state index < -0.39 is 15.9 Å². The summed E-state index contributed by atoms with van der Waals surface area (Å²) < 4.78 is 21.2. The van der Waals surface area contributed by atoms with Gasteiger partial charge in [-0.05, 0) is 18.6 Å². The third-order valence-corrected chi connectivity index (χ3v) is 2.75. The molecule has 0 atom stereocenters. The smallest absolute Gasteiger partial charge is 0.273 e. The molecular formula is C9H13N3O4S. The second kappa shape index (κ2) is 5.60. The maximum absolute atomic E-state index is 11.5. The van der Waals surface area contributed by atoms with Gasteiger partial charge in [-0.1, -0.05) is 0 Å². The number of nitrogens with two attached hydrogens (primary N) is 1. The van der Waals surface area contributed by atoms with Crippen LogP contribution in [0.3, 0.4) is 0 Å². The minimum Gasteiger partial charge on any atom is -0.505 e. The quantitative estimate of drug-likeness (QED) is 0.597. The fourth-order valence-corrected chi connectivity index (χ4v) is 1.68. The fourth-order valence-electron chi connectivity index (χ4n) is 1.13. The lowest BCUT2D eigenvalue weighted by molar-refractivity contribution is 0.0945. The summed E-state index contributed by atoms with van der Waals surface area (Å²) in [5, 5.41) is 16.6. The molecule has 7 nitrogen and oxygen atoms in total. The van der Waals surface area contributed by atoms with Crippen LogP contribution in [0, 0.1) is 0 Å². The summed E-state index contributed by atoms with van der Waals surface area (Å²) in [5.74, 6) is -0.990. The highest BCUT2D eigenvalue weighted by atomic mass is 32.2. The molecule has 0 unspecified atom stereocenters. The molecule has 0 fully saturated rings. The van der Waals surface area contributed by atoms with Crippen LogP contribution in [0.4, 0.5) is 0 Å². The van der Waals surface area contributed by atoms with Gasteiger partial charge in [-0.25, -0.2) is 18.5 Å². The Morgan fingerprint density at radius 3 is 2.82 bits per heavy atom. The zero-order valence-corrected chi connectivity index (χ0v) is 9.77. The summed E-state index contributed by atoms with van der Waals surface area (Å²) in [6.45, 7) is 0.144. The Bertz CT molecular complexity index is 501. The van der Waals surface area contributed by atoms with Crippen LogP contribution in [0.1, 0.15) is 16.9 Å². The monoisotopic (exact) mass is 259 g/mol. The normalized spacial score (nSPS) is 11.1. The van der Waals surface area contributed by atoms with Gasteiger partial charge in [0.1, 0.15) is 5.75 Å². The predicted molar refractivity (Wildman–Crippen MR) is 60.8 cm³/mol. The van der Waals surface area contributed by atoms with Crippen molar-refractivity contribution in [2.45, 2.75) is 6.42 Å². The van der Waals surface area contributed by atoms with Crippen LogP contribution in [-0.2, 0) is 10.0 Å². The maximum atomic E-state index is 11.5. The first-order chi connectivity index (χ1) is 7.90. The van der Waals surface area contributed by atoms with Gasteiger partial charge in [-0.3, -0.25) is 4.79 Å². The lowest BCUT2D eigenvalue weighted by atomic mass is 10.3. The number of nitrogens with one attached hydrogen (secondary N) is 1. The minimum atomic E-state index is -3.51. The molecule has 1 amide bonds. The van der Waals surface area contributed by atoms with Crippen molar-refractivity contribution < 1.29 is 18.3 Å². The molecule has 1 heterocycles. The SMILES string of the molecule is NS(=O)(=O)CCCNC(=O)c1ncccc1O.